The standard InChI is InChI=1S/C37H37N5O7/c1-25(7-5-12-34(44)40(19-20-43)23-26-8-3-2-4-9-26)37(47)32-22-31(42(48)49)17-18-33(32)41(36(37)46)24-27-10-6-11-30(21-27)39-35(45)28-13-15-29(38)16-14-28/h2-11,13-18,21-22,25,43,47H,12,19-20,23-24,38H2,1H3,(H,39,45)/b7-5+/t25-,37+/m1/s1. The number of non-ortho nitro benzene ring substituents is 1. The number of nitro groups is 1. The first kappa shape index (κ1) is 34.5. The van der Waals surface area contributed by atoms with Gasteiger partial charge in [-0.1, -0.05) is 61.5 Å². The number of nitrogens with two attached hydrogens (primary N) is 1. The maximum atomic E-state index is 14.1. The molecule has 1 aliphatic heterocycles. The fourth-order valence-corrected chi connectivity index (χ4v) is 5.83. The lowest BCUT2D eigenvalue weighted by molar-refractivity contribution is -0.385. The molecule has 49 heavy (non-hydrogen) atoms. The summed E-state index contributed by atoms with van der Waals surface area (Å²) in [5.41, 5.74) is 6.61. The Balaban J connectivity index is 1.36. The molecule has 0 aliphatic carbocycles. The van der Waals surface area contributed by atoms with Crippen molar-refractivity contribution < 1.29 is 29.5 Å². The van der Waals surface area contributed by atoms with E-state index >= 15 is 0 Å². The van der Waals surface area contributed by atoms with Gasteiger partial charge in [-0.2, -0.15) is 0 Å². The number of benzene rings is 4. The smallest absolute Gasteiger partial charge is 0.269 e. The number of aliphatic hydroxyl groups excluding tert-OH is 1. The average Bonchev–Trinajstić information content (AvgIpc) is 3.30. The van der Waals surface area contributed by atoms with E-state index in [-0.39, 0.29) is 49.2 Å². The fourth-order valence-electron chi connectivity index (χ4n) is 5.83. The molecule has 0 saturated carbocycles. The summed E-state index contributed by atoms with van der Waals surface area (Å²) in [6, 6.07) is 26.6. The summed E-state index contributed by atoms with van der Waals surface area (Å²) in [6.45, 7) is 1.84. The molecular weight excluding hydrogens is 626 g/mol. The number of hydrogen-bond donors (Lipinski definition) is 4. The van der Waals surface area contributed by atoms with E-state index in [0.29, 0.717) is 34.7 Å². The van der Waals surface area contributed by atoms with Gasteiger partial charge in [0.25, 0.3) is 17.5 Å². The van der Waals surface area contributed by atoms with Gasteiger partial charge in [0.05, 0.1) is 23.8 Å². The van der Waals surface area contributed by atoms with Crippen molar-refractivity contribution in [1.82, 2.24) is 4.90 Å². The quantitative estimate of drug-likeness (QED) is 0.0684. The number of nitrogens with one attached hydrogen (secondary N) is 1. The molecule has 0 radical (unpaired) electrons. The number of nitro benzene ring substituents is 1. The third-order valence-electron chi connectivity index (χ3n) is 8.48. The van der Waals surface area contributed by atoms with E-state index in [0.717, 1.165) is 5.56 Å². The van der Waals surface area contributed by atoms with E-state index < -0.39 is 22.3 Å². The fraction of sp³-hybridized carbons (Fsp3) is 0.216. The SMILES string of the molecule is C[C@H](/C=C/CC(=O)N(CCO)Cc1ccccc1)[C@@]1(O)C(=O)N(Cc2cccc(NC(=O)c3ccc(N)cc3)c2)c2ccc([N+](=O)[O-])cc21. The molecule has 4 aromatic carbocycles. The number of carbonyl (C=O) groups is 3. The average molecular weight is 664 g/mol. The number of amides is 3. The first-order valence-electron chi connectivity index (χ1n) is 15.7. The van der Waals surface area contributed by atoms with Crippen LogP contribution in [0.4, 0.5) is 22.7 Å². The minimum atomic E-state index is -2.17. The van der Waals surface area contributed by atoms with Gasteiger partial charge in [0, 0.05) is 60.1 Å². The molecule has 12 nitrogen and oxygen atoms in total. The van der Waals surface area contributed by atoms with Crippen LogP contribution in [0.2, 0.25) is 0 Å². The van der Waals surface area contributed by atoms with E-state index in [1.807, 2.05) is 30.3 Å². The molecule has 5 N–H and O–H groups in total. The summed E-state index contributed by atoms with van der Waals surface area (Å²) in [4.78, 5) is 53.9. The molecule has 2 atom stereocenters. The lowest BCUT2D eigenvalue weighted by Gasteiger charge is -2.28. The first-order valence-corrected chi connectivity index (χ1v) is 15.7. The zero-order chi connectivity index (χ0) is 35.1. The van der Waals surface area contributed by atoms with Crippen molar-refractivity contribution in [3.8, 4) is 0 Å². The number of carbonyl (C=O) groups excluding carboxylic acids is 3. The molecule has 0 aromatic heterocycles. The molecule has 1 heterocycles. The number of anilines is 3. The second-order valence-electron chi connectivity index (χ2n) is 11.8. The van der Waals surface area contributed by atoms with E-state index in [1.54, 1.807) is 67.6 Å². The molecule has 3 amide bonds. The first-order chi connectivity index (χ1) is 23.5. The highest BCUT2D eigenvalue weighted by Crippen LogP contribution is 2.47. The molecule has 0 spiro atoms. The Morgan fingerprint density at radius 2 is 1.73 bits per heavy atom. The number of aliphatic hydroxyl groups is 2. The van der Waals surface area contributed by atoms with Gasteiger partial charge in [-0.25, -0.2) is 0 Å². The van der Waals surface area contributed by atoms with Crippen molar-refractivity contribution in [3.05, 3.63) is 142 Å². The van der Waals surface area contributed by atoms with E-state index in [9.17, 15) is 34.7 Å². The Bertz CT molecular complexity index is 1880. The maximum absolute atomic E-state index is 14.1. The third kappa shape index (κ3) is 7.67. The Kier molecular flexibility index (Phi) is 10.5. The van der Waals surface area contributed by atoms with Crippen LogP contribution in [0.1, 0.15) is 40.4 Å². The van der Waals surface area contributed by atoms with Crippen LogP contribution in [0.3, 0.4) is 0 Å². The molecule has 12 heteroatoms. The van der Waals surface area contributed by atoms with Crippen LogP contribution in [-0.4, -0.2) is 50.9 Å². The van der Waals surface area contributed by atoms with Crippen molar-refractivity contribution in [2.24, 2.45) is 5.92 Å². The van der Waals surface area contributed by atoms with Gasteiger partial charge in [0.15, 0.2) is 5.60 Å². The molecule has 252 valence electrons. The summed E-state index contributed by atoms with van der Waals surface area (Å²) in [7, 11) is 0. The normalized spacial score (nSPS) is 16.0. The van der Waals surface area contributed by atoms with Gasteiger partial charge >= 0.3 is 0 Å². The van der Waals surface area contributed by atoms with Gasteiger partial charge in [0.2, 0.25) is 5.91 Å². The highest BCUT2D eigenvalue weighted by atomic mass is 16.6. The minimum Gasteiger partial charge on any atom is -0.399 e. The van der Waals surface area contributed by atoms with Gasteiger partial charge < -0.3 is 31.1 Å². The van der Waals surface area contributed by atoms with Crippen LogP contribution in [0, 0.1) is 16.0 Å². The minimum absolute atomic E-state index is 0.00204. The third-order valence-corrected chi connectivity index (χ3v) is 8.48. The predicted octanol–water partition coefficient (Wildman–Crippen LogP) is 4.77. The van der Waals surface area contributed by atoms with Gasteiger partial charge in [-0.05, 0) is 53.6 Å². The van der Waals surface area contributed by atoms with Crippen LogP contribution in [0.25, 0.3) is 0 Å². The van der Waals surface area contributed by atoms with E-state index in [4.69, 9.17) is 5.73 Å². The van der Waals surface area contributed by atoms with E-state index in [1.165, 1.54) is 28.0 Å². The lowest BCUT2D eigenvalue weighted by Crippen LogP contribution is -2.44. The monoisotopic (exact) mass is 663 g/mol. The zero-order valence-electron chi connectivity index (χ0n) is 26.9. The molecule has 0 bridgehead atoms. The number of nitrogens with zero attached hydrogens (tertiary/aromatic N) is 3. The summed E-state index contributed by atoms with van der Waals surface area (Å²) in [5, 5.41) is 36.1. The predicted molar refractivity (Wildman–Crippen MR) is 185 cm³/mol. The summed E-state index contributed by atoms with van der Waals surface area (Å²) >= 11 is 0. The highest BCUT2D eigenvalue weighted by molar-refractivity contribution is 6.07. The second-order valence-corrected chi connectivity index (χ2v) is 11.8. The maximum Gasteiger partial charge on any atom is 0.269 e. The highest BCUT2D eigenvalue weighted by Gasteiger charge is 2.53. The molecule has 1 aliphatic rings. The van der Waals surface area contributed by atoms with Crippen molar-refractivity contribution in [2.45, 2.75) is 32.0 Å². The van der Waals surface area contributed by atoms with Crippen LogP contribution < -0.4 is 16.0 Å². The zero-order valence-corrected chi connectivity index (χ0v) is 26.9. The van der Waals surface area contributed by atoms with Crippen molar-refractivity contribution in [1.29, 1.82) is 0 Å². The van der Waals surface area contributed by atoms with Crippen LogP contribution in [0.15, 0.2) is 109 Å². The molecule has 5 rings (SSSR count). The van der Waals surface area contributed by atoms with Gasteiger partial charge in [-0.15, -0.1) is 0 Å². The summed E-state index contributed by atoms with van der Waals surface area (Å²) in [6.07, 6.45) is 3.05. The number of rotatable bonds is 13. The Labute approximate surface area is 283 Å². The molecular formula is C37H37N5O7. The van der Waals surface area contributed by atoms with Crippen molar-refractivity contribution in [2.75, 3.05) is 29.1 Å². The summed E-state index contributed by atoms with van der Waals surface area (Å²) < 4.78 is 0. The van der Waals surface area contributed by atoms with Crippen molar-refractivity contribution >= 4 is 40.5 Å². The lowest BCUT2D eigenvalue weighted by atomic mass is 9.82. The van der Waals surface area contributed by atoms with E-state index in [2.05, 4.69) is 5.32 Å². The molecule has 0 saturated heterocycles. The number of hydrogen-bond acceptors (Lipinski definition) is 8. The van der Waals surface area contributed by atoms with Crippen LogP contribution in [-0.2, 0) is 28.3 Å². The number of nitrogen functional groups attached to an aromatic ring is 1. The molecule has 0 unspecified atom stereocenters. The van der Waals surface area contributed by atoms with Gasteiger partial charge in [0.1, 0.15) is 0 Å². The Morgan fingerprint density at radius 1 is 1.02 bits per heavy atom. The Hall–Kier alpha value is -5.85. The molecule has 0 fully saturated rings. The second kappa shape index (κ2) is 14.9. The largest absolute Gasteiger partial charge is 0.399 e. The Morgan fingerprint density at radius 3 is 2.43 bits per heavy atom. The topological polar surface area (TPSA) is 179 Å². The molecule has 4 aromatic rings. The number of fused-ring (bicyclic) bond motifs is 1. The summed E-state index contributed by atoms with van der Waals surface area (Å²) in [5.74, 6) is -2.18. The van der Waals surface area contributed by atoms with Crippen LogP contribution in [0.5, 0.6) is 0 Å². The van der Waals surface area contributed by atoms with Crippen LogP contribution >= 0.6 is 0 Å². The van der Waals surface area contributed by atoms with Crippen molar-refractivity contribution in [3.63, 3.8) is 0 Å². The van der Waals surface area contributed by atoms with Gasteiger partial charge in [-0.3, -0.25) is 24.5 Å².